The van der Waals surface area contributed by atoms with Gasteiger partial charge in [-0.25, -0.2) is 9.78 Å². The Morgan fingerprint density at radius 1 is 1.11 bits per heavy atom. The van der Waals surface area contributed by atoms with Gasteiger partial charge in [-0.3, -0.25) is 4.79 Å². The summed E-state index contributed by atoms with van der Waals surface area (Å²) >= 11 is 0. The summed E-state index contributed by atoms with van der Waals surface area (Å²) in [5.41, 5.74) is 3.35. The number of esters is 1. The summed E-state index contributed by atoms with van der Waals surface area (Å²) in [6, 6.07) is 12.8. The topological polar surface area (TPSA) is 70.4 Å². The number of aromatic nitrogens is 2. The number of ketones is 1. The van der Waals surface area contributed by atoms with Gasteiger partial charge in [0.05, 0.1) is 5.52 Å². The molecule has 0 amide bonds. The van der Waals surface area contributed by atoms with E-state index in [1.54, 1.807) is 13.2 Å². The first-order chi connectivity index (χ1) is 13.5. The number of methoxy groups -OCH3 is 1. The number of carbonyl (C=O) groups excluding carboxylic acids is 2. The molecule has 3 aromatic rings. The summed E-state index contributed by atoms with van der Waals surface area (Å²) in [6.07, 6.45) is 0.864. The first-order valence-corrected chi connectivity index (χ1v) is 9.23. The highest BCUT2D eigenvalue weighted by Gasteiger charge is 2.18. The van der Waals surface area contributed by atoms with Crippen molar-refractivity contribution in [2.45, 2.75) is 26.8 Å². The number of nitrogens with zero attached hydrogens (tertiary/aromatic N) is 2. The quantitative estimate of drug-likeness (QED) is 0.338. The van der Waals surface area contributed by atoms with E-state index in [0.29, 0.717) is 17.7 Å². The van der Waals surface area contributed by atoms with Gasteiger partial charge in [0, 0.05) is 42.6 Å². The summed E-state index contributed by atoms with van der Waals surface area (Å²) < 4.78 is 12.4. The number of Topliss-reactive ketones (excluding diaryl/α,β-unsaturated/α-hetero) is 1. The smallest absolute Gasteiger partial charge is 0.357 e. The molecule has 6 nitrogen and oxygen atoms in total. The van der Waals surface area contributed by atoms with E-state index in [-0.39, 0.29) is 18.1 Å². The van der Waals surface area contributed by atoms with Crippen LogP contribution in [0.4, 0.5) is 0 Å². The molecule has 0 atom stereocenters. The van der Waals surface area contributed by atoms with E-state index in [4.69, 9.17) is 9.47 Å². The zero-order valence-electron chi connectivity index (χ0n) is 16.4. The Balaban J connectivity index is 1.66. The van der Waals surface area contributed by atoms with Crippen LogP contribution in [0, 0.1) is 13.8 Å². The van der Waals surface area contributed by atoms with E-state index in [2.05, 4.69) is 9.55 Å². The molecule has 0 bridgehead atoms. The molecule has 0 saturated carbocycles. The second kappa shape index (κ2) is 8.80. The van der Waals surface area contributed by atoms with Crippen LogP contribution < -0.4 is 0 Å². The van der Waals surface area contributed by atoms with Gasteiger partial charge in [-0.2, -0.15) is 0 Å². The molecular formula is C22H24N2O4. The van der Waals surface area contributed by atoms with Crippen LogP contribution in [-0.2, 0) is 16.0 Å². The van der Waals surface area contributed by atoms with Crippen LogP contribution in [0.1, 0.15) is 38.7 Å². The summed E-state index contributed by atoms with van der Waals surface area (Å²) in [4.78, 5) is 29.2. The van der Waals surface area contributed by atoms with Crippen molar-refractivity contribution in [3.8, 4) is 0 Å². The van der Waals surface area contributed by atoms with Crippen molar-refractivity contribution in [1.29, 1.82) is 0 Å². The Morgan fingerprint density at radius 3 is 2.68 bits per heavy atom. The standard InChI is InChI=1S/C22H24N2O4/c1-15-13-18(16(2)24(15)11-6-12-27-3)21(25)14-28-22(26)20-10-9-17-7-4-5-8-19(17)23-20/h4-5,7-10,13H,6,11-12,14H2,1-3H3. The SMILES string of the molecule is COCCCn1c(C)cc(C(=O)COC(=O)c2ccc3ccccc3n2)c1C. The molecule has 1 aromatic carbocycles. The molecule has 0 aliphatic carbocycles. The fraction of sp³-hybridized carbons (Fsp3) is 0.318. The molecule has 0 unspecified atom stereocenters. The van der Waals surface area contributed by atoms with Crippen LogP contribution in [0.25, 0.3) is 10.9 Å². The maximum Gasteiger partial charge on any atom is 0.357 e. The van der Waals surface area contributed by atoms with Crippen molar-refractivity contribution in [2.75, 3.05) is 20.3 Å². The van der Waals surface area contributed by atoms with Crippen molar-refractivity contribution in [3.05, 3.63) is 65.1 Å². The summed E-state index contributed by atoms with van der Waals surface area (Å²) in [6.45, 7) is 4.99. The van der Waals surface area contributed by atoms with Gasteiger partial charge in [0.15, 0.2) is 6.61 Å². The molecular weight excluding hydrogens is 356 g/mol. The van der Waals surface area contributed by atoms with Crippen molar-refractivity contribution in [3.63, 3.8) is 0 Å². The number of pyridine rings is 1. The Labute approximate surface area is 164 Å². The Kier molecular flexibility index (Phi) is 6.21. The molecule has 0 aliphatic rings. The number of carbonyl (C=O) groups is 2. The van der Waals surface area contributed by atoms with Crippen LogP contribution in [0.2, 0.25) is 0 Å². The van der Waals surface area contributed by atoms with E-state index in [1.165, 1.54) is 0 Å². The number of para-hydroxylation sites is 1. The summed E-state index contributed by atoms with van der Waals surface area (Å²) in [5, 5.41) is 0.941. The minimum Gasteiger partial charge on any atom is -0.453 e. The monoisotopic (exact) mass is 380 g/mol. The zero-order valence-corrected chi connectivity index (χ0v) is 16.4. The summed E-state index contributed by atoms with van der Waals surface area (Å²) in [7, 11) is 1.67. The van der Waals surface area contributed by atoms with E-state index in [9.17, 15) is 9.59 Å². The van der Waals surface area contributed by atoms with Gasteiger partial charge in [0.2, 0.25) is 5.78 Å². The van der Waals surface area contributed by atoms with E-state index in [1.807, 2.05) is 50.2 Å². The number of hydrogen-bond acceptors (Lipinski definition) is 5. The van der Waals surface area contributed by atoms with Crippen LogP contribution in [0.3, 0.4) is 0 Å². The van der Waals surface area contributed by atoms with Crippen LogP contribution in [0.5, 0.6) is 0 Å². The average Bonchev–Trinajstić information content (AvgIpc) is 3.00. The van der Waals surface area contributed by atoms with Gasteiger partial charge < -0.3 is 14.0 Å². The van der Waals surface area contributed by atoms with Gasteiger partial charge in [0.1, 0.15) is 5.69 Å². The molecule has 0 spiro atoms. The third kappa shape index (κ3) is 4.28. The van der Waals surface area contributed by atoms with E-state index >= 15 is 0 Å². The Bertz CT molecular complexity index is 1010. The largest absolute Gasteiger partial charge is 0.453 e. The number of hydrogen-bond donors (Lipinski definition) is 0. The lowest BCUT2D eigenvalue weighted by Crippen LogP contribution is -2.16. The van der Waals surface area contributed by atoms with Crippen LogP contribution in [0.15, 0.2) is 42.5 Å². The van der Waals surface area contributed by atoms with Crippen LogP contribution in [-0.4, -0.2) is 41.6 Å². The van der Waals surface area contributed by atoms with Crippen molar-refractivity contribution in [1.82, 2.24) is 9.55 Å². The van der Waals surface area contributed by atoms with E-state index in [0.717, 1.165) is 29.7 Å². The van der Waals surface area contributed by atoms with Gasteiger partial charge in [-0.05, 0) is 38.5 Å². The second-order valence-corrected chi connectivity index (χ2v) is 6.67. The maximum atomic E-state index is 12.6. The fourth-order valence-electron chi connectivity index (χ4n) is 3.26. The van der Waals surface area contributed by atoms with Crippen molar-refractivity contribution < 1.29 is 19.1 Å². The zero-order chi connectivity index (χ0) is 20.1. The Morgan fingerprint density at radius 2 is 1.89 bits per heavy atom. The molecule has 0 radical (unpaired) electrons. The highest BCUT2D eigenvalue weighted by atomic mass is 16.5. The normalized spacial score (nSPS) is 11.0. The van der Waals surface area contributed by atoms with Crippen molar-refractivity contribution >= 4 is 22.7 Å². The molecule has 146 valence electrons. The minimum absolute atomic E-state index is 0.191. The van der Waals surface area contributed by atoms with E-state index < -0.39 is 5.97 Å². The lowest BCUT2D eigenvalue weighted by molar-refractivity contribution is 0.0469. The van der Waals surface area contributed by atoms with Gasteiger partial charge in [0.25, 0.3) is 0 Å². The predicted molar refractivity (Wildman–Crippen MR) is 107 cm³/mol. The number of fused-ring (bicyclic) bond motifs is 1. The highest BCUT2D eigenvalue weighted by molar-refractivity contribution is 6.00. The Hall–Kier alpha value is -2.99. The molecule has 28 heavy (non-hydrogen) atoms. The molecule has 6 heteroatoms. The molecule has 0 fully saturated rings. The lowest BCUT2D eigenvalue weighted by atomic mass is 10.1. The average molecular weight is 380 g/mol. The lowest BCUT2D eigenvalue weighted by Gasteiger charge is -2.09. The van der Waals surface area contributed by atoms with Gasteiger partial charge >= 0.3 is 5.97 Å². The maximum absolute atomic E-state index is 12.6. The first kappa shape index (κ1) is 19.8. The number of ether oxygens (including phenoxy) is 2. The van der Waals surface area contributed by atoms with Gasteiger partial charge in [-0.1, -0.05) is 24.3 Å². The van der Waals surface area contributed by atoms with Crippen LogP contribution >= 0.6 is 0 Å². The second-order valence-electron chi connectivity index (χ2n) is 6.67. The number of rotatable bonds is 8. The van der Waals surface area contributed by atoms with Crippen molar-refractivity contribution in [2.24, 2.45) is 0 Å². The van der Waals surface area contributed by atoms with Gasteiger partial charge in [-0.15, -0.1) is 0 Å². The minimum atomic E-state index is -0.604. The molecule has 2 aromatic heterocycles. The molecule has 3 rings (SSSR count). The highest BCUT2D eigenvalue weighted by Crippen LogP contribution is 2.17. The summed E-state index contributed by atoms with van der Waals surface area (Å²) in [5.74, 6) is -0.826. The molecule has 0 N–H and O–H groups in total. The molecule has 0 saturated heterocycles. The number of benzene rings is 1. The molecule has 2 heterocycles. The third-order valence-corrected chi connectivity index (χ3v) is 4.75. The first-order valence-electron chi connectivity index (χ1n) is 9.23. The fourth-order valence-corrected chi connectivity index (χ4v) is 3.26. The molecule has 0 aliphatic heterocycles. The predicted octanol–water partition coefficient (Wildman–Crippen LogP) is 3.73. The number of aryl methyl sites for hydroxylation is 1. The third-order valence-electron chi connectivity index (χ3n) is 4.75.